The highest BCUT2D eigenvalue weighted by molar-refractivity contribution is 9.10. The maximum atomic E-state index is 12.9. The number of rotatable bonds is 1. The first-order chi connectivity index (χ1) is 12.3. The Hall–Kier alpha value is -1.97. The lowest BCUT2D eigenvalue weighted by atomic mass is 10.1. The molecule has 0 unspecified atom stereocenters. The lowest BCUT2D eigenvalue weighted by Crippen LogP contribution is -2.51. The summed E-state index contributed by atoms with van der Waals surface area (Å²) in [7, 11) is 0. The Kier molecular flexibility index (Phi) is 5.98. The van der Waals surface area contributed by atoms with Crippen LogP contribution in [0, 0.1) is 0 Å². The predicted octanol–water partition coefficient (Wildman–Crippen LogP) is 3.74. The van der Waals surface area contributed by atoms with Crippen molar-refractivity contribution < 1.29 is 27.5 Å². The van der Waals surface area contributed by atoms with E-state index in [1.165, 1.54) is 9.80 Å². The summed E-state index contributed by atoms with van der Waals surface area (Å²) in [5, 5.41) is 0. The molecule has 1 saturated heterocycles. The molecule has 2 amide bonds. The molecule has 1 aromatic rings. The van der Waals surface area contributed by atoms with Crippen LogP contribution in [0.15, 0.2) is 16.6 Å². The number of nitrogens with zero attached hydrogens (tertiary/aromatic N) is 2. The van der Waals surface area contributed by atoms with Gasteiger partial charge in [-0.05, 0) is 48.8 Å². The summed E-state index contributed by atoms with van der Waals surface area (Å²) in [5.41, 5.74) is 3.88. The number of halogens is 4. The molecule has 0 bridgehead atoms. The van der Waals surface area contributed by atoms with E-state index in [-0.39, 0.29) is 41.9 Å². The molecular weight excluding hydrogens is 431 g/mol. The van der Waals surface area contributed by atoms with Gasteiger partial charge in [0.15, 0.2) is 0 Å². The summed E-state index contributed by atoms with van der Waals surface area (Å²) in [5.74, 6) is -0.489. The third-order valence-corrected chi connectivity index (χ3v) is 4.51. The molecule has 1 aromatic carbocycles. The van der Waals surface area contributed by atoms with Crippen LogP contribution in [0.3, 0.4) is 0 Å². The normalized spacial score (nSPS) is 15.7. The van der Waals surface area contributed by atoms with Crippen LogP contribution in [0.1, 0.15) is 36.7 Å². The Morgan fingerprint density at radius 3 is 2.04 bits per heavy atom. The first-order valence-corrected chi connectivity index (χ1v) is 9.02. The molecule has 1 aliphatic heterocycles. The van der Waals surface area contributed by atoms with Crippen LogP contribution in [-0.4, -0.2) is 53.6 Å². The van der Waals surface area contributed by atoms with Gasteiger partial charge in [0.1, 0.15) is 5.60 Å². The zero-order valence-electron chi connectivity index (χ0n) is 15.2. The number of anilines is 1. The number of hydrogen-bond donors (Lipinski definition) is 1. The van der Waals surface area contributed by atoms with Crippen LogP contribution in [0.25, 0.3) is 0 Å². The van der Waals surface area contributed by atoms with E-state index in [0.29, 0.717) is 0 Å². The topological polar surface area (TPSA) is 75.9 Å². The summed E-state index contributed by atoms with van der Waals surface area (Å²) in [6.45, 7) is 6.26. The van der Waals surface area contributed by atoms with Gasteiger partial charge in [0.25, 0.3) is 5.91 Å². The van der Waals surface area contributed by atoms with Crippen LogP contribution in [0.2, 0.25) is 0 Å². The Balaban J connectivity index is 2.09. The van der Waals surface area contributed by atoms with Crippen molar-refractivity contribution in [1.29, 1.82) is 0 Å². The molecule has 1 aliphatic rings. The number of nitrogens with two attached hydrogens (primary N) is 1. The first kappa shape index (κ1) is 21.3. The molecule has 0 spiro atoms. The average molecular weight is 452 g/mol. The summed E-state index contributed by atoms with van der Waals surface area (Å²) < 4.78 is 43.8. The van der Waals surface area contributed by atoms with Crippen LogP contribution in [0.4, 0.5) is 23.7 Å². The number of amides is 2. The largest absolute Gasteiger partial charge is 0.444 e. The third-order valence-electron chi connectivity index (χ3n) is 3.88. The highest BCUT2D eigenvalue weighted by atomic mass is 79.9. The molecule has 0 aliphatic carbocycles. The van der Waals surface area contributed by atoms with Crippen molar-refractivity contribution in [2.24, 2.45) is 0 Å². The van der Waals surface area contributed by atoms with Gasteiger partial charge in [0.05, 0.1) is 11.1 Å². The Labute approximate surface area is 163 Å². The van der Waals surface area contributed by atoms with Gasteiger partial charge in [-0.25, -0.2) is 4.79 Å². The highest BCUT2D eigenvalue weighted by Crippen LogP contribution is 2.35. The van der Waals surface area contributed by atoms with Gasteiger partial charge in [0.2, 0.25) is 0 Å². The fourth-order valence-electron chi connectivity index (χ4n) is 2.59. The van der Waals surface area contributed by atoms with Crippen molar-refractivity contribution in [2.45, 2.75) is 32.5 Å². The minimum Gasteiger partial charge on any atom is -0.444 e. The lowest BCUT2D eigenvalue weighted by molar-refractivity contribution is -0.137. The molecule has 0 aromatic heterocycles. The van der Waals surface area contributed by atoms with Crippen LogP contribution < -0.4 is 5.73 Å². The van der Waals surface area contributed by atoms with E-state index in [4.69, 9.17) is 10.5 Å². The van der Waals surface area contributed by atoms with Gasteiger partial charge >= 0.3 is 12.3 Å². The number of carbonyl (C=O) groups excluding carboxylic acids is 2. The second kappa shape index (κ2) is 7.57. The molecule has 2 N–H and O–H groups in total. The average Bonchev–Trinajstić information content (AvgIpc) is 2.51. The maximum Gasteiger partial charge on any atom is 0.416 e. The second-order valence-corrected chi connectivity index (χ2v) is 8.03. The first-order valence-electron chi connectivity index (χ1n) is 8.23. The van der Waals surface area contributed by atoms with Crippen molar-refractivity contribution in [2.75, 3.05) is 31.9 Å². The van der Waals surface area contributed by atoms with Crippen molar-refractivity contribution in [1.82, 2.24) is 9.80 Å². The van der Waals surface area contributed by atoms with Crippen molar-refractivity contribution in [3.63, 3.8) is 0 Å². The van der Waals surface area contributed by atoms with E-state index in [9.17, 15) is 22.8 Å². The van der Waals surface area contributed by atoms with Gasteiger partial charge in [-0.15, -0.1) is 0 Å². The number of nitrogen functional groups attached to an aromatic ring is 1. The Bertz CT molecular complexity index is 716. The van der Waals surface area contributed by atoms with Crippen LogP contribution in [0.5, 0.6) is 0 Å². The summed E-state index contributed by atoms with van der Waals surface area (Å²) in [4.78, 5) is 27.7. The molecule has 0 atom stereocenters. The third kappa shape index (κ3) is 5.27. The smallest absolute Gasteiger partial charge is 0.416 e. The summed E-state index contributed by atoms with van der Waals surface area (Å²) >= 11 is 3.01. The van der Waals surface area contributed by atoms with Gasteiger partial charge in [-0.3, -0.25) is 4.79 Å². The standard InChI is InChI=1S/C17H21BrF3N3O3/c1-16(2,3)27-15(26)24-6-4-23(5-7-24)14(25)13-11(18)8-10(9-12(13)22)17(19,20)21/h8-9H,4-7,22H2,1-3H3. The molecule has 1 fully saturated rings. The number of hydrogen-bond acceptors (Lipinski definition) is 4. The van der Waals surface area contributed by atoms with E-state index in [0.717, 1.165) is 12.1 Å². The highest BCUT2D eigenvalue weighted by Gasteiger charge is 2.34. The Morgan fingerprint density at radius 1 is 1.07 bits per heavy atom. The number of ether oxygens (including phenoxy) is 1. The summed E-state index contributed by atoms with van der Waals surface area (Å²) in [6.07, 6.45) is -5.03. The number of carbonyl (C=O) groups is 2. The van der Waals surface area contributed by atoms with Crippen LogP contribution >= 0.6 is 15.9 Å². The van der Waals surface area contributed by atoms with E-state index in [1.807, 2.05) is 0 Å². The molecular formula is C17H21BrF3N3O3. The molecule has 150 valence electrons. The summed E-state index contributed by atoms with van der Waals surface area (Å²) in [6, 6.07) is 1.58. The number of alkyl halides is 3. The van der Waals surface area contributed by atoms with E-state index >= 15 is 0 Å². The van der Waals surface area contributed by atoms with Crippen molar-refractivity contribution >= 4 is 33.6 Å². The molecule has 2 rings (SSSR count). The Morgan fingerprint density at radius 2 is 1.59 bits per heavy atom. The fourth-order valence-corrected chi connectivity index (χ4v) is 3.24. The molecule has 10 heteroatoms. The minimum atomic E-state index is -4.56. The van der Waals surface area contributed by atoms with Crippen molar-refractivity contribution in [3.8, 4) is 0 Å². The zero-order valence-corrected chi connectivity index (χ0v) is 16.8. The van der Waals surface area contributed by atoms with Gasteiger partial charge < -0.3 is 20.3 Å². The SMILES string of the molecule is CC(C)(C)OC(=O)N1CCN(C(=O)c2c(N)cc(C(F)(F)F)cc2Br)CC1. The quantitative estimate of drug-likeness (QED) is 0.659. The number of piperazine rings is 1. The molecule has 0 radical (unpaired) electrons. The monoisotopic (exact) mass is 451 g/mol. The van der Waals surface area contributed by atoms with Gasteiger partial charge in [-0.1, -0.05) is 0 Å². The molecule has 0 saturated carbocycles. The van der Waals surface area contributed by atoms with E-state index in [2.05, 4.69) is 15.9 Å². The second-order valence-electron chi connectivity index (χ2n) is 7.18. The van der Waals surface area contributed by atoms with Crippen LogP contribution in [-0.2, 0) is 10.9 Å². The lowest BCUT2D eigenvalue weighted by Gasteiger charge is -2.36. The van der Waals surface area contributed by atoms with Gasteiger partial charge in [0, 0.05) is 36.3 Å². The fraction of sp³-hybridized carbons (Fsp3) is 0.529. The molecule has 6 nitrogen and oxygen atoms in total. The number of benzene rings is 1. The van der Waals surface area contributed by atoms with E-state index in [1.54, 1.807) is 20.8 Å². The molecule has 1 heterocycles. The van der Waals surface area contributed by atoms with Gasteiger partial charge in [-0.2, -0.15) is 13.2 Å². The maximum absolute atomic E-state index is 12.9. The van der Waals surface area contributed by atoms with E-state index < -0.39 is 29.3 Å². The predicted molar refractivity (Wildman–Crippen MR) is 97.3 cm³/mol. The zero-order chi connectivity index (χ0) is 20.6. The minimum absolute atomic E-state index is 0.0191. The van der Waals surface area contributed by atoms with Crippen molar-refractivity contribution in [3.05, 3.63) is 27.7 Å². The molecule has 27 heavy (non-hydrogen) atoms.